The molecule has 158 valence electrons. The van der Waals surface area contributed by atoms with Crippen LogP contribution < -0.4 is 9.47 Å². The maximum absolute atomic E-state index is 6.29. The van der Waals surface area contributed by atoms with E-state index in [0.29, 0.717) is 29.9 Å². The fourth-order valence-electron chi connectivity index (χ4n) is 3.14. The lowest BCUT2D eigenvalue weighted by Crippen LogP contribution is -2.01. The van der Waals surface area contributed by atoms with Crippen molar-refractivity contribution in [2.45, 2.75) is 27.7 Å². The van der Waals surface area contributed by atoms with Crippen molar-refractivity contribution in [1.82, 2.24) is 24.7 Å². The minimum Gasteiger partial charge on any atom is -0.494 e. The second-order valence-corrected chi connectivity index (χ2v) is 6.91. The van der Waals surface area contributed by atoms with E-state index in [2.05, 4.69) is 15.3 Å². The summed E-state index contributed by atoms with van der Waals surface area (Å²) in [5.74, 6) is 3.45. The first-order chi connectivity index (χ1) is 15.1. The largest absolute Gasteiger partial charge is 0.494 e. The molecule has 0 saturated heterocycles. The van der Waals surface area contributed by atoms with E-state index in [1.807, 2.05) is 82.3 Å². The zero-order chi connectivity index (χ0) is 21.8. The molecule has 0 radical (unpaired) electrons. The van der Waals surface area contributed by atoms with Gasteiger partial charge in [0.2, 0.25) is 5.88 Å². The maximum Gasteiger partial charge on any atom is 0.231 e. The summed E-state index contributed by atoms with van der Waals surface area (Å²) in [6, 6.07) is 17.4. The highest BCUT2D eigenvalue weighted by molar-refractivity contribution is 5.84. The van der Waals surface area contributed by atoms with Gasteiger partial charge < -0.3 is 9.47 Å². The zero-order valence-corrected chi connectivity index (χ0v) is 18.0. The fourth-order valence-corrected chi connectivity index (χ4v) is 3.14. The van der Waals surface area contributed by atoms with Gasteiger partial charge in [0.05, 0.1) is 29.8 Å². The Morgan fingerprint density at radius 2 is 1.55 bits per heavy atom. The Morgan fingerprint density at radius 1 is 0.903 bits per heavy atom. The predicted molar refractivity (Wildman–Crippen MR) is 118 cm³/mol. The summed E-state index contributed by atoms with van der Waals surface area (Å²) >= 11 is 0. The van der Waals surface area contributed by atoms with Gasteiger partial charge in [0.15, 0.2) is 11.6 Å². The van der Waals surface area contributed by atoms with Gasteiger partial charge in [-0.2, -0.15) is 14.9 Å². The van der Waals surface area contributed by atoms with E-state index >= 15 is 0 Å². The Hall–Kier alpha value is -3.94. The van der Waals surface area contributed by atoms with Crippen molar-refractivity contribution in [1.29, 1.82) is 0 Å². The molecule has 8 heteroatoms. The third-order valence-corrected chi connectivity index (χ3v) is 4.67. The normalized spacial score (nSPS) is 11.2. The van der Waals surface area contributed by atoms with Gasteiger partial charge in [0.25, 0.3) is 0 Å². The molecule has 0 unspecified atom stereocenters. The van der Waals surface area contributed by atoms with Crippen LogP contribution in [0.25, 0.3) is 5.69 Å². The molecule has 2 aromatic heterocycles. The summed E-state index contributed by atoms with van der Waals surface area (Å²) in [6.45, 7) is 8.21. The van der Waals surface area contributed by atoms with Crippen LogP contribution in [-0.4, -0.2) is 37.5 Å². The lowest BCUT2D eigenvalue weighted by molar-refractivity contribution is 0.339. The number of hydrogen-bond donors (Lipinski definition) is 0. The van der Waals surface area contributed by atoms with Crippen molar-refractivity contribution in [3.63, 3.8) is 0 Å². The molecule has 2 heterocycles. The molecular weight excluding hydrogens is 392 g/mol. The highest BCUT2D eigenvalue weighted by atomic mass is 16.5. The molecule has 8 nitrogen and oxygen atoms in total. The number of para-hydroxylation sites is 1. The van der Waals surface area contributed by atoms with Gasteiger partial charge in [-0.15, -0.1) is 10.2 Å². The van der Waals surface area contributed by atoms with Gasteiger partial charge in [-0.1, -0.05) is 18.2 Å². The summed E-state index contributed by atoms with van der Waals surface area (Å²) in [7, 11) is 0. The van der Waals surface area contributed by atoms with Gasteiger partial charge in [-0.3, -0.25) is 0 Å². The second kappa shape index (κ2) is 8.83. The van der Waals surface area contributed by atoms with Crippen LogP contribution in [0.15, 0.2) is 59.7 Å². The average molecular weight is 416 g/mol. The summed E-state index contributed by atoms with van der Waals surface area (Å²) in [4.78, 5) is 0. The summed E-state index contributed by atoms with van der Waals surface area (Å²) in [6.07, 6.45) is 1.73. The molecular formula is C23H24N6O2. The number of aryl methyl sites for hydroxylation is 3. The molecule has 0 saturated carbocycles. The minimum absolute atomic E-state index is 0.569. The Labute approximate surface area is 180 Å². The van der Waals surface area contributed by atoms with E-state index in [1.54, 1.807) is 15.6 Å². The van der Waals surface area contributed by atoms with Crippen LogP contribution in [0.4, 0.5) is 0 Å². The lowest BCUT2D eigenvalue weighted by Gasteiger charge is -2.11. The molecule has 31 heavy (non-hydrogen) atoms. The van der Waals surface area contributed by atoms with Gasteiger partial charge in [-0.05, 0) is 64.1 Å². The Bertz CT molecular complexity index is 1170. The van der Waals surface area contributed by atoms with Crippen LogP contribution in [0.5, 0.6) is 17.4 Å². The predicted octanol–water partition coefficient (Wildman–Crippen LogP) is 4.46. The van der Waals surface area contributed by atoms with Gasteiger partial charge in [-0.25, -0.2) is 4.68 Å². The van der Waals surface area contributed by atoms with E-state index in [0.717, 1.165) is 22.7 Å². The summed E-state index contributed by atoms with van der Waals surface area (Å²) in [5, 5.41) is 17.4. The monoisotopic (exact) mass is 416 g/mol. The number of ether oxygens (including phenoxy) is 2. The highest BCUT2D eigenvalue weighted by Gasteiger charge is 2.18. The zero-order valence-electron chi connectivity index (χ0n) is 18.0. The molecule has 0 atom stereocenters. The maximum atomic E-state index is 6.29. The minimum atomic E-state index is 0.569. The summed E-state index contributed by atoms with van der Waals surface area (Å²) < 4.78 is 15.3. The van der Waals surface area contributed by atoms with Crippen LogP contribution in [0.3, 0.4) is 0 Å². The number of aromatic nitrogens is 5. The molecule has 0 bridgehead atoms. The van der Waals surface area contributed by atoms with Crippen molar-refractivity contribution in [3.8, 4) is 23.1 Å². The average Bonchev–Trinajstić information content (AvgIpc) is 3.27. The van der Waals surface area contributed by atoms with Crippen LogP contribution in [0, 0.1) is 20.8 Å². The molecule has 0 N–H and O–H groups in total. The van der Waals surface area contributed by atoms with Crippen molar-refractivity contribution in [2.75, 3.05) is 6.61 Å². The van der Waals surface area contributed by atoms with Crippen molar-refractivity contribution < 1.29 is 9.47 Å². The molecule has 2 aromatic carbocycles. The van der Waals surface area contributed by atoms with Crippen LogP contribution in [-0.2, 0) is 0 Å². The standard InChI is InChI=1S/C23H24N6O2/c1-5-30-20-11-13-21(14-12-20)31-23-22(15-24-28-17(3)25-26-18(28)4)16(2)27-29(23)19-9-7-6-8-10-19/h6-15H,5H2,1-4H3/b24-15+. The first-order valence-corrected chi connectivity index (χ1v) is 10.1. The van der Waals surface area contributed by atoms with Gasteiger partial charge in [0, 0.05) is 0 Å². The van der Waals surface area contributed by atoms with Crippen molar-refractivity contribution in [3.05, 3.63) is 77.5 Å². The first-order valence-electron chi connectivity index (χ1n) is 10.1. The SMILES string of the molecule is CCOc1ccc(Oc2c(/C=N/n3c(C)nnc3C)c(C)nn2-c2ccccc2)cc1. The Morgan fingerprint density at radius 3 is 2.19 bits per heavy atom. The number of hydrogen-bond acceptors (Lipinski definition) is 6. The van der Waals surface area contributed by atoms with Crippen molar-refractivity contribution >= 4 is 6.21 Å². The van der Waals surface area contributed by atoms with Crippen LogP contribution >= 0.6 is 0 Å². The summed E-state index contributed by atoms with van der Waals surface area (Å²) in [5.41, 5.74) is 2.45. The van der Waals surface area contributed by atoms with Gasteiger partial charge in [0.1, 0.15) is 11.5 Å². The van der Waals surface area contributed by atoms with Crippen LogP contribution in [0.2, 0.25) is 0 Å². The first kappa shape index (κ1) is 20.3. The van der Waals surface area contributed by atoms with E-state index in [9.17, 15) is 0 Å². The molecule has 0 spiro atoms. The highest BCUT2D eigenvalue weighted by Crippen LogP contribution is 2.30. The van der Waals surface area contributed by atoms with E-state index < -0.39 is 0 Å². The van der Waals surface area contributed by atoms with Crippen molar-refractivity contribution in [2.24, 2.45) is 5.10 Å². The van der Waals surface area contributed by atoms with E-state index in [4.69, 9.17) is 14.6 Å². The third-order valence-electron chi connectivity index (χ3n) is 4.67. The smallest absolute Gasteiger partial charge is 0.231 e. The molecule has 0 aliphatic heterocycles. The van der Waals surface area contributed by atoms with Gasteiger partial charge >= 0.3 is 0 Å². The fraction of sp³-hybridized carbons (Fsp3) is 0.217. The molecule has 0 amide bonds. The van der Waals surface area contributed by atoms with E-state index in [-0.39, 0.29) is 0 Å². The number of rotatable bonds is 7. The molecule has 4 rings (SSSR count). The molecule has 0 aliphatic carbocycles. The second-order valence-electron chi connectivity index (χ2n) is 6.91. The van der Waals surface area contributed by atoms with Crippen LogP contribution in [0.1, 0.15) is 29.8 Å². The lowest BCUT2D eigenvalue weighted by atomic mass is 10.2. The van der Waals surface area contributed by atoms with E-state index in [1.165, 1.54) is 0 Å². The third kappa shape index (κ3) is 4.32. The number of nitrogens with zero attached hydrogens (tertiary/aromatic N) is 6. The Kier molecular flexibility index (Phi) is 5.79. The topological polar surface area (TPSA) is 79.3 Å². The Balaban J connectivity index is 1.76. The number of benzene rings is 2. The molecule has 0 fully saturated rings. The molecule has 4 aromatic rings. The quantitative estimate of drug-likeness (QED) is 0.416. The molecule has 0 aliphatic rings.